The van der Waals surface area contributed by atoms with E-state index in [1.165, 1.54) is 16.9 Å². The largest absolute Gasteiger partial charge is 0.345 e. The van der Waals surface area contributed by atoms with Gasteiger partial charge in [0.15, 0.2) is 0 Å². The van der Waals surface area contributed by atoms with Crippen LogP contribution in [0.2, 0.25) is 0 Å². The van der Waals surface area contributed by atoms with Crippen LogP contribution in [0.4, 0.5) is 11.4 Å². The van der Waals surface area contributed by atoms with Crippen molar-refractivity contribution >= 4 is 11.4 Å². The second-order valence-corrected chi connectivity index (χ2v) is 6.23. The van der Waals surface area contributed by atoms with Gasteiger partial charge in [0.25, 0.3) is 0 Å². The van der Waals surface area contributed by atoms with E-state index in [9.17, 15) is 0 Å². The lowest BCUT2D eigenvalue weighted by Crippen LogP contribution is -2.13. The molecule has 0 bridgehead atoms. The van der Waals surface area contributed by atoms with E-state index in [0.29, 0.717) is 6.54 Å². The Labute approximate surface area is 122 Å². The Morgan fingerprint density at radius 2 is 1.30 bits per heavy atom. The molecule has 0 amide bonds. The molecule has 0 radical (unpaired) electrons. The third-order valence-electron chi connectivity index (χ3n) is 3.68. The molecule has 0 fully saturated rings. The molecule has 0 atom stereocenters. The molecule has 2 aromatic carbocycles. The molecule has 2 rings (SSSR count). The second-order valence-electron chi connectivity index (χ2n) is 6.23. The first-order valence-electron chi connectivity index (χ1n) is 7.05. The third kappa shape index (κ3) is 3.20. The molecule has 0 heterocycles. The highest BCUT2D eigenvalue weighted by Gasteiger charge is 2.13. The molecular weight excluding hydrogens is 244 g/mol. The number of nitrogens with zero attached hydrogens (tertiary/aromatic N) is 1. The van der Waals surface area contributed by atoms with Gasteiger partial charge in [-0.25, -0.2) is 0 Å². The molecule has 0 unspecified atom stereocenters. The standard InChI is InChI=1S/C18H24N2/c1-18(2,3)15-7-11-17(12-8-15)20(4)16-9-5-14(13-19)6-10-16/h5-12H,13,19H2,1-4H3. The highest BCUT2D eigenvalue weighted by molar-refractivity contribution is 5.63. The summed E-state index contributed by atoms with van der Waals surface area (Å²) >= 11 is 0. The molecule has 2 heteroatoms. The van der Waals surface area contributed by atoms with Gasteiger partial charge in [-0.2, -0.15) is 0 Å². The van der Waals surface area contributed by atoms with Crippen molar-refractivity contribution in [1.29, 1.82) is 0 Å². The Morgan fingerprint density at radius 1 is 0.850 bits per heavy atom. The summed E-state index contributed by atoms with van der Waals surface area (Å²) in [7, 11) is 2.09. The van der Waals surface area contributed by atoms with Crippen molar-refractivity contribution in [2.45, 2.75) is 32.7 Å². The summed E-state index contributed by atoms with van der Waals surface area (Å²) in [6, 6.07) is 17.2. The van der Waals surface area contributed by atoms with Gasteiger partial charge in [0.2, 0.25) is 0 Å². The van der Waals surface area contributed by atoms with E-state index < -0.39 is 0 Å². The van der Waals surface area contributed by atoms with Gasteiger partial charge < -0.3 is 10.6 Å². The minimum atomic E-state index is 0.194. The molecule has 2 nitrogen and oxygen atoms in total. The molecule has 0 saturated heterocycles. The zero-order valence-electron chi connectivity index (χ0n) is 12.9. The number of hydrogen-bond acceptors (Lipinski definition) is 2. The maximum absolute atomic E-state index is 5.63. The van der Waals surface area contributed by atoms with E-state index in [4.69, 9.17) is 5.73 Å². The van der Waals surface area contributed by atoms with Crippen molar-refractivity contribution < 1.29 is 0 Å². The maximum Gasteiger partial charge on any atom is 0.0408 e. The van der Waals surface area contributed by atoms with Crippen LogP contribution in [0.3, 0.4) is 0 Å². The number of benzene rings is 2. The number of hydrogen-bond donors (Lipinski definition) is 1. The molecule has 2 aromatic rings. The molecule has 2 N–H and O–H groups in total. The van der Waals surface area contributed by atoms with Crippen LogP contribution in [0.1, 0.15) is 31.9 Å². The number of anilines is 2. The van der Waals surface area contributed by atoms with E-state index in [-0.39, 0.29) is 5.41 Å². The van der Waals surface area contributed by atoms with Gasteiger partial charge in [-0.1, -0.05) is 45.0 Å². The summed E-state index contributed by atoms with van der Waals surface area (Å²) in [5, 5.41) is 0. The molecule has 0 aliphatic heterocycles. The smallest absolute Gasteiger partial charge is 0.0408 e. The zero-order valence-corrected chi connectivity index (χ0v) is 12.9. The van der Waals surface area contributed by atoms with Crippen LogP contribution in [0.15, 0.2) is 48.5 Å². The fourth-order valence-corrected chi connectivity index (χ4v) is 2.19. The monoisotopic (exact) mass is 268 g/mol. The first-order valence-corrected chi connectivity index (χ1v) is 7.05. The van der Waals surface area contributed by atoms with E-state index in [2.05, 4.69) is 81.2 Å². The van der Waals surface area contributed by atoms with Crippen molar-refractivity contribution in [1.82, 2.24) is 0 Å². The van der Waals surface area contributed by atoms with E-state index >= 15 is 0 Å². The lowest BCUT2D eigenvalue weighted by molar-refractivity contribution is 0.590. The molecule has 0 saturated carbocycles. The van der Waals surface area contributed by atoms with E-state index in [1.54, 1.807) is 0 Å². The summed E-state index contributed by atoms with van der Waals surface area (Å²) in [4.78, 5) is 2.19. The van der Waals surface area contributed by atoms with Crippen molar-refractivity contribution in [2.24, 2.45) is 5.73 Å². The second kappa shape index (κ2) is 5.68. The van der Waals surface area contributed by atoms with Crippen LogP contribution < -0.4 is 10.6 Å². The lowest BCUT2D eigenvalue weighted by atomic mass is 9.87. The molecule has 0 aliphatic rings. The molecule has 0 aliphatic carbocycles. The summed E-state index contributed by atoms with van der Waals surface area (Å²) in [5.74, 6) is 0. The van der Waals surface area contributed by atoms with Gasteiger partial charge in [0.05, 0.1) is 0 Å². The van der Waals surface area contributed by atoms with Gasteiger partial charge in [-0.05, 0) is 40.8 Å². The van der Waals surface area contributed by atoms with Gasteiger partial charge in [-0.3, -0.25) is 0 Å². The van der Waals surface area contributed by atoms with Gasteiger partial charge >= 0.3 is 0 Å². The summed E-state index contributed by atoms with van der Waals surface area (Å²) in [5.41, 5.74) is 10.7. The fraction of sp³-hybridized carbons (Fsp3) is 0.333. The van der Waals surface area contributed by atoms with Gasteiger partial charge in [0, 0.05) is 25.0 Å². The Bertz CT molecular complexity index is 547. The highest BCUT2D eigenvalue weighted by Crippen LogP contribution is 2.28. The molecule has 106 valence electrons. The molecule has 0 spiro atoms. The van der Waals surface area contributed by atoms with Gasteiger partial charge in [-0.15, -0.1) is 0 Å². The first-order chi connectivity index (χ1) is 9.41. The maximum atomic E-state index is 5.63. The van der Waals surface area contributed by atoms with Crippen molar-refractivity contribution in [3.63, 3.8) is 0 Å². The molecular formula is C18H24N2. The SMILES string of the molecule is CN(c1ccc(CN)cc1)c1ccc(C(C)(C)C)cc1. The van der Waals surface area contributed by atoms with Crippen LogP contribution in [-0.4, -0.2) is 7.05 Å². The quantitative estimate of drug-likeness (QED) is 0.903. The molecule has 0 aromatic heterocycles. The van der Waals surface area contributed by atoms with E-state index in [1.807, 2.05) is 0 Å². The predicted octanol–water partition coefficient (Wildman–Crippen LogP) is 4.21. The Hall–Kier alpha value is -1.80. The van der Waals surface area contributed by atoms with Crippen molar-refractivity contribution in [3.05, 3.63) is 59.7 Å². The Morgan fingerprint density at radius 3 is 1.70 bits per heavy atom. The summed E-state index contributed by atoms with van der Waals surface area (Å²) in [6.45, 7) is 7.29. The zero-order chi connectivity index (χ0) is 14.8. The van der Waals surface area contributed by atoms with Crippen molar-refractivity contribution in [3.8, 4) is 0 Å². The fourth-order valence-electron chi connectivity index (χ4n) is 2.19. The third-order valence-corrected chi connectivity index (χ3v) is 3.68. The predicted molar refractivity (Wildman–Crippen MR) is 87.5 cm³/mol. The highest BCUT2D eigenvalue weighted by atomic mass is 15.1. The normalized spacial score (nSPS) is 11.4. The minimum absolute atomic E-state index is 0.194. The van der Waals surface area contributed by atoms with Crippen LogP contribution in [0.25, 0.3) is 0 Å². The number of rotatable bonds is 3. The Kier molecular flexibility index (Phi) is 4.15. The Balaban J connectivity index is 2.22. The summed E-state index contributed by atoms with van der Waals surface area (Å²) < 4.78 is 0. The topological polar surface area (TPSA) is 29.3 Å². The van der Waals surface area contributed by atoms with Gasteiger partial charge in [0.1, 0.15) is 0 Å². The lowest BCUT2D eigenvalue weighted by Gasteiger charge is -2.23. The van der Waals surface area contributed by atoms with Crippen LogP contribution >= 0.6 is 0 Å². The van der Waals surface area contributed by atoms with Crippen molar-refractivity contribution in [2.75, 3.05) is 11.9 Å². The van der Waals surface area contributed by atoms with Crippen LogP contribution in [0, 0.1) is 0 Å². The minimum Gasteiger partial charge on any atom is -0.345 e. The first kappa shape index (κ1) is 14.6. The number of nitrogens with two attached hydrogens (primary N) is 1. The molecule has 20 heavy (non-hydrogen) atoms. The van der Waals surface area contributed by atoms with Crippen LogP contribution in [-0.2, 0) is 12.0 Å². The van der Waals surface area contributed by atoms with Crippen LogP contribution in [0.5, 0.6) is 0 Å². The summed E-state index contributed by atoms with van der Waals surface area (Å²) in [6.07, 6.45) is 0. The average molecular weight is 268 g/mol. The average Bonchev–Trinajstić information content (AvgIpc) is 2.46. The van der Waals surface area contributed by atoms with E-state index in [0.717, 1.165) is 5.56 Å².